The molecule has 40 heavy (non-hydrogen) atoms. The zero-order chi connectivity index (χ0) is 27.9. The van der Waals surface area contributed by atoms with E-state index in [4.69, 9.17) is 21.1 Å². The maximum absolute atomic E-state index is 12.9. The first-order chi connectivity index (χ1) is 19.5. The molecule has 1 aliphatic carbocycles. The Labute approximate surface area is 246 Å². The summed E-state index contributed by atoms with van der Waals surface area (Å²) in [6.07, 6.45) is 10.4. The number of thioether (sulfide) groups is 1. The van der Waals surface area contributed by atoms with Crippen molar-refractivity contribution in [2.45, 2.75) is 55.8 Å². The van der Waals surface area contributed by atoms with Gasteiger partial charge in [0.2, 0.25) is 5.91 Å². The number of piperidine rings is 1. The lowest BCUT2D eigenvalue weighted by molar-refractivity contribution is -0.119. The Morgan fingerprint density at radius 3 is 2.40 bits per heavy atom. The Balaban J connectivity index is 1.08. The number of hydrogen-bond donors (Lipinski definition) is 1. The number of carbonyl (C=O) groups is 1. The van der Waals surface area contributed by atoms with E-state index in [9.17, 15) is 4.79 Å². The van der Waals surface area contributed by atoms with Gasteiger partial charge in [0, 0.05) is 35.1 Å². The van der Waals surface area contributed by atoms with Crippen molar-refractivity contribution in [1.29, 1.82) is 0 Å². The van der Waals surface area contributed by atoms with E-state index < -0.39 is 0 Å². The number of nitrogens with one attached hydrogen (secondary N) is 1. The molecule has 7 nitrogen and oxygen atoms in total. The van der Waals surface area contributed by atoms with Crippen LogP contribution in [0.25, 0.3) is 11.1 Å². The van der Waals surface area contributed by atoms with E-state index in [0.717, 1.165) is 54.9 Å². The summed E-state index contributed by atoms with van der Waals surface area (Å²) in [7, 11) is 3.23. The molecular weight excluding hydrogens is 544 g/mol. The number of carbonyl (C=O) groups excluding carboxylic acids is 1. The lowest BCUT2D eigenvalue weighted by Crippen LogP contribution is -2.51. The minimum absolute atomic E-state index is 0.0482. The molecule has 1 N–H and O–H groups in total. The molecule has 0 bridgehead atoms. The Morgan fingerprint density at radius 1 is 0.975 bits per heavy atom. The molecule has 3 aromatic rings. The van der Waals surface area contributed by atoms with Gasteiger partial charge in [0.1, 0.15) is 0 Å². The number of halogens is 1. The number of amides is 1. The zero-order valence-corrected chi connectivity index (χ0v) is 24.7. The maximum atomic E-state index is 12.9. The van der Waals surface area contributed by atoms with Crippen LogP contribution in [0.1, 0.15) is 37.7 Å². The molecule has 212 valence electrons. The number of nitrogens with zero attached hydrogens (tertiary/aromatic N) is 3. The molecule has 1 amide bonds. The molecule has 9 heteroatoms. The van der Waals surface area contributed by atoms with Gasteiger partial charge in [-0.3, -0.25) is 9.69 Å². The molecule has 0 spiro atoms. The Morgan fingerprint density at radius 2 is 1.70 bits per heavy atom. The molecule has 2 heterocycles. The second-order valence-corrected chi connectivity index (χ2v) is 12.0. The number of ether oxygens (including phenoxy) is 2. The second kappa shape index (κ2) is 13.7. The van der Waals surface area contributed by atoms with Gasteiger partial charge < -0.3 is 14.8 Å². The maximum Gasteiger partial charge on any atom is 0.230 e. The lowest BCUT2D eigenvalue weighted by Gasteiger charge is -2.38. The molecule has 2 aromatic carbocycles. The fraction of sp³-hybridized carbons (Fsp3) is 0.452. The van der Waals surface area contributed by atoms with Gasteiger partial charge in [-0.1, -0.05) is 41.6 Å². The van der Waals surface area contributed by atoms with E-state index in [1.807, 2.05) is 30.3 Å². The number of rotatable bonds is 10. The van der Waals surface area contributed by atoms with Crippen molar-refractivity contribution in [2.75, 3.05) is 33.1 Å². The van der Waals surface area contributed by atoms with Crippen LogP contribution >= 0.6 is 23.4 Å². The van der Waals surface area contributed by atoms with Crippen molar-refractivity contribution in [1.82, 2.24) is 20.2 Å². The topological polar surface area (TPSA) is 76.6 Å². The van der Waals surface area contributed by atoms with Gasteiger partial charge in [-0.25, -0.2) is 9.97 Å². The third-order valence-corrected chi connectivity index (χ3v) is 9.19. The third kappa shape index (κ3) is 7.28. The first-order valence-corrected chi connectivity index (χ1v) is 15.3. The highest BCUT2D eigenvalue weighted by atomic mass is 35.5. The van der Waals surface area contributed by atoms with Crippen LogP contribution in [-0.2, 0) is 11.2 Å². The normalized spacial score (nSPS) is 19.9. The quantitative estimate of drug-likeness (QED) is 0.236. The Bertz CT molecular complexity index is 1270. The summed E-state index contributed by atoms with van der Waals surface area (Å²) in [5.74, 6) is 2.40. The van der Waals surface area contributed by atoms with Gasteiger partial charge >= 0.3 is 0 Å². The third-order valence-electron chi connectivity index (χ3n) is 8.06. The van der Waals surface area contributed by atoms with Crippen LogP contribution in [0.15, 0.2) is 60.0 Å². The molecule has 0 radical (unpaired) electrons. The van der Waals surface area contributed by atoms with E-state index in [1.54, 1.807) is 26.6 Å². The van der Waals surface area contributed by atoms with Crippen LogP contribution in [-0.4, -0.2) is 65.9 Å². The molecule has 1 aromatic heterocycles. The van der Waals surface area contributed by atoms with Crippen molar-refractivity contribution in [3.05, 3.63) is 65.4 Å². The van der Waals surface area contributed by atoms with Crippen molar-refractivity contribution in [2.24, 2.45) is 5.92 Å². The van der Waals surface area contributed by atoms with Crippen molar-refractivity contribution >= 4 is 29.3 Å². The van der Waals surface area contributed by atoms with Gasteiger partial charge in [0.15, 0.2) is 16.7 Å². The van der Waals surface area contributed by atoms with E-state index in [0.29, 0.717) is 34.4 Å². The van der Waals surface area contributed by atoms with Crippen LogP contribution in [0.5, 0.6) is 11.5 Å². The van der Waals surface area contributed by atoms with E-state index in [2.05, 4.69) is 32.3 Å². The predicted molar refractivity (Wildman–Crippen MR) is 160 cm³/mol. The first kappa shape index (κ1) is 28.7. The summed E-state index contributed by atoms with van der Waals surface area (Å²) >= 11 is 7.41. The van der Waals surface area contributed by atoms with Gasteiger partial charge in [-0.2, -0.15) is 0 Å². The molecule has 2 atom stereocenters. The van der Waals surface area contributed by atoms with Gasteiger partial charge in [-0.15, -0.1) is 0 Å². The standard InChI is InChI=1S/C31H37ClN4O3S/c1-38-28-11-8-23(17-29(28)39-2)24-18-33-31(34-19-24)40-20-30(37)35-26-4-3-5-27(26)36-14-12-22(13-15-36)16-21-6-9-25(32)10-7-21/h6-11,17-19,22,26-27H,3-5,12-16,20H2,1-2H3,(H,35,37)/t26-,27+/m1/s1. The Hall–Kier alpha value is -2.81. The monoisotopic (exact) mass is 580 g/mol. The zero-order valence-electron chi connectivity index (χ0n) is 23.1. The number of methoxy groups -OCH3 is 2. The average Bonchev–Trinajstić information content (AvgIpc) is 3.45. The van der Waals surface area contributed by atoms with Crippen LogP contribution in [0.3, 0.4) is 0 Å². The van der Waals surface area contributed by atoms with E-state index in [-0.39, 0.29) is 11.9 Å². The summed E-state index contributed by atoms with van der Waals surface area (Å²) < 4.78 is 10.7. The number of hydrogen-bond acceptors (Lipinski definition) is 7. The van der Waals surface area contributed by atoms with Crippen molar-refractivity contribution in [3.63, 3.8) is 0 Å². The van der Waals surface area contributed by atoms with Gasteiger partial charge in [0.25, 0.3) is 0 Å². The van der Waals surface area contributed by atoms with Crippen molar-refractivity contribution < 1.29 is 14.3 Å². The molecule has 0 unspecified atom stereocenters. The molecule has 2 fully saturated rings. The highest BCUT2D eigenvalue weighted by Gasteiger charge is 2.35. The number of likely N-dealkylation sites (tertiary alicyclic amines) is 1. The molecule has 1 saturated heterocycles. The van der Waals surface area contributed by atoms with Crippen molar-refractivity contribution in [3.8, 4) is 22.6 Å². The summed E-state index contributed by atoms with van der Waals surface area (Å²) in [6, 6.07) is 14.6. The molecule has 2 aliphatic rings. The molecule has 5 rings (SSSR count). The summed E-state index contributed by atoms with van der Waals surface area (Å²) in [4.78, 5) is 24.4. The highest BCUT2D eigenvalue weighted by Crippen LogP contribution is 2.33. The van der Waals surface area contributed by atoms with Gasteiger partial charge in [-0.05, 0) is 92.9 Å². The second-order valence-electron chi connectivity index (χ2n) is 10.6. The lowest BCUT2D eigenvalue weighted by atomic mass is 9.89. The predicted octanol–water partition coefficient (Wildman–Crippen LogP) is 5.90. The number of aromatic nitrogens is 2. The van der Waals surface area contributed by atoms with E-state index in [1.165, 1.54) is 30.2 Å². The minimum Gasteiger partial charge on any atom is -0.493 e. The molecule has 1 saturated carbocycles. The summed E-state index contributed by atoms with van der Waals surface area (Å²) in [6.45, 7) is 2.20. The first-order valence-electron chi connectivity index (χ1n) is 14.0. The summed E-state index contributed by atoms with van der Waals surface area (Å²) in [5, 5.41) is 4.70. The fourth-order valence-corrected chi connectivity index (χ4v) is 6.65. The fourth-order valence-electron chi connectivity index (χ4n) is 5.92. The highest BCUT2D eigenvalue weighted by molar-refractivity contribution is 7.99. The Kier molecular flexibility index (Phi) is 9.83. The van der Waals surface area contributed by atoms with E-state index >= 15 is 0 Å². The number of benzene rings is 2. The van der Waals surface area contributed by atoms with Crippen LogP contribution in [0.2, 0.25) is 5.02 Å². The molecule has 1 aliphatic heterocycles. The largest absolute Gasteiger partial charge is 0.493 e. The summed E-state index contributed by atoms with van der Waals surface area (Å²) in [5.41, 5.74) is 3.18. The van der Waals surface area contributed by atoms with Crippen LogP contribution in [0, 0.1) is 5.92 Å². The molecular formula is C31H37ClN4O3S. The van der Waals surface area contributed by atoms with Crippen LogP contribution in [0.4, 0.5) is 0 Å². The smallest absolute Gasteiger partial charge is 0.230 e. The minimum atomic E-state index is 0.0482. The van der Waals surface area contributed by atoms with Crippen LogP contribution < -0.4 is 14.8 Å². The van der Waals surface area contributed by atoms with Gasteiger partial charge in [0.05, 0.1) is 20.0 Å². The average molecular weight is 581 g/mol. The SMILES string of the molecule is COc1ccc(-c2cnc(SCC(=O)N[C@@H]3CCC[C@@H]3N3CCC(Cc4ccc(Cl)cc4)CC3)nc2)cc1OC.